The van der Waals surface area contributed by atoms with Gasteiger partial charge in [-0.15, -0.1) is 0 Å². The molecule has 0 saturated carbocycles. The zero-order valence-electron chi connectivity index (χ0n) is 15.3. The van der Waals surface area contributed by atoms with Gasteiger partial charge in [0.05, 0.1) is 12.6 Å². The molecule has 2 N–H and O–H groups in total. The van der Waals surface area contributed by atoms with E-state index in [0.29, 0.717) is 19.8 Å². The number of carbonyl (C=O) groups is 1. The number of aliphatic hydroxyl groups is 1. The Morgan fingerprint density at radius 3 is 2.62 bits per heavy atom. The minimum atomic E-state index is -0.243. The quantitative estimate of drug-likeness (QED) is 0.870. The van der Waals surface area contributed by atoms with Gasteiger partial charge in [0, 0.05) is 32.2 Å². The molecule has 1 atom stereocenters. The van der Waals surface area contributed by atoms with E-state index in [0.717, 1.165) is 18.4 Å². The number of benzene rings is 1. The average Bonchev–Trinajstić information content (AvgIpc) is 2.55. The summed E-state index contributed by atoms with van der Waals surface area (Å²) in [5.41, 5.74) is 3.29. The van der Waals surface area contributed by atoms with E-state index in [1.165, 1.54) is 11.1 Å². The smallest absolute Gasteiger partial charge is 0.317 e. The predicted octanol–water partition coefficient (Wildman–Crippen LogP) is 2.79. The van der Waals surface area contributed by atoms with Gasteiger partial charge in [0.2, 0.25) is 0 Å². The fourth-order valence-corrected chi connectivity index (χ4v) is 3.43. The first-order chi connectivity index (χ1) is 11.4. The number of carbonyl (C=O) groups excluding carboxylic acids is 1. The molecule has 1 unspecified atom stereocenters. The van der Waals surface area contributed by atoms with Gasteiger partial charge < -0.3 is 20.1 Å². The first-order valence-corrected chi connectivity index (χ1v) is 8.64. The van der Waals surface area contributed by atoms with Crippen molar-refractivity contribution in [3.05, 3.63) is 34.9 Å². The molecule has 0 radical (unpaired) electrons. The first-order valence-electron chi connectivity index (χ1n) is 8.64. The number of hydrogen-bond acceptors (Lipinski definition) is 3. The van der Waals surface area contributed by atoms with Gasteiger partial charge in [-0.05, 0) is 44.7 Å². The number of ether oxygens (including phenoxy) is 1. The molecule has 24 heavy (non-hydrogen) atoms. The molecular weight excluding hydrogens is 304 g/mol. The van der Waals surface area contributed by atoms with Crippen LogP contribution in [0.5, 0.6) is 0 Å². The number of urea groups is 1. The summed E-state index contributed by atoms with van der Waals surface area (Å²) in [6.45, 7) is 8.05. The van der Waals surface area contributed by atoms with Gasteiger partial charge in [0.15, 0.2) is 0 Å². The van der Waals surface area contributed by atoms with Gasteiger partial charge in [0.1, 0.15) is 0 Å². The normalized spacial score (nSPS) is 18.0. The maximum Gasteiger partial charge on any atom is 0.317 e. The summed E-state index contributed by atoms with van der Waals surface area (Å²) in [6.07, 6.45) is 1.57. The van der Waals surface area contributed by atoms with Crippen molar-refractivity contribution in [1.82, 2.24) is 10.2 Å². The molecule has 2 rings (SSSR count). The summed E-state index contributed by atoms with van der Waals surface area (Å²) in [5, 5.41) is 12.8. The molecule has 134 valence electrons. The molecule has 1 aromatic rings. The van der Waals surface area contributed by atoms with Crippen molar-refractivity contribution in [2.75, 3.05) is 33.4 Å². The highest BCUT2D eigenvalue weighted by atomic mass is 16.5. The highest BCUT2D eigenvalue weighted by Crippen LogP contribution is 2.30. The lowest BCUT2D eigenvalue weighted by Crippen LogP contribution is -2.48. The molecule has 0 aliphatic carbocycles. The molecule has 0 bridgehead atoms. The lowest BCUT2D eigenvalue weighted by Gasteiger charge is -2.38. The average molecular weight is 334 g/mol. The highest BCUT2D eigenvalue weighted by molar-refractivity contribution is 5.74. The van der Waals surface area contributed by atoms with Gasteiger partial charge in [-0.2, -0.15) is 0 Å². The third kappa shape index (κ3) is 4.48. The van der Waals surface area contributed by atoms with Crippen LogP contribution in [0.25, 0.3) is 0 Å². The van der Waals surface area contributed by atoms with E-state index in [4.69, 9.17) is 4.74 Å². The molecule has 2 amide bonds. The molecule has 1 aromatic carbocycles. The Labute approximate surface area is 145 Å². The Balaban J connectivity index is 1.97. The minimum Gasteiger partial charge on any atom is -0.396 e. The van der Waals surface area contributed by atoms with Crippen LogP contribution in [-0.2, 0) is 4.74 Å². The SMILES string of the molecule is Cc1ccc(C(C)NC(=O)N(C)CC2(CO)CCOCC2)c(C)c1. The van der Waals surface area contributed by atoms with E-state index in [2.05, 4.69) is 37.4 Å². The number of hydrogen-bond donors (Lipinski definition) is 2. The molecule has 5 heteroatoms. The van der Waals surface area contributed by atoms with Crippen LogP contribution in [0, 0.1) is 19.3 Å². The molecule has 0 aromatic heterocycles. The molecule has 1 heterocycles. The van der Waals surface area contributed by atoms with Crippen molar-refractivity contribution in [2.45, 2.75) is 39.7 Å². The van der Waals surface area contributed by atoms with Crippen molar-refractivity contribution in [2.24, 2.45) is 5.41 Å². The summed E-state index contributed by atoms with van der Waals surface area (Å²) >= 11 is 0. The monoisotopic (exact) mass is 334 g/mol. The van der Waals surface area contributed by atoms with Crippen LogP contribution in [0.4, 0.5) is 4.79 Å². The predicted molar refractivity (Wildman–Crippen MR) is 95.1 cm³/mol. The number of nitrogens with one attached hydrogen (secondary N) is 1. The summed E-state index contributed by atoms with van der Waals surface area (Å²) in [7, 11) is 1.79. The molecule has 1 fully saturated rings. The van der Waals surface area contributed by atoms with Crippen LogP contribution < -0.4 is 5.32 Å². The molecule has 1 aliphatic heterocycles. The molecule has 1 saturated heterocycles. The maximum absolute atomic E-state index is 12.5. The zero-order valence-corrected chi connectivity index (χ0v) is 15.3. The van der Waals surface area contributed by atoms with Crippen LogP contribution in [0.3, 0.4) is 0 Å². The number of amides is 2. The van der Waals surface area contributed by atoms with Crippen LogP contribution in [0.2, 0.25) is 0 Å². The zero-order chi connectivity index (χ0) is 17.7. The Morgan fingerprint density at radius 1 is 1.38 bits per heavy atom. The van der Waals surface area contributed by atoms with Crippen molar-refractivity contribution in [3.8, 4) is 0 Å². The van der Waals surface area contributed by atoms with Crippen molar-refractivity contribution in [3.63, 3.8) is 0 Å². The van der Waals surface area contributed by atoms with Gasteiger partial charge in [0.25, 0.3) is 0 Å². The van der Waals surface area contributed by atoms with E-state index in [-0.39, 0.29) is 24.1 Å². The minimum absolute atomic E-state index is 0.0553. The lowest BCUT2D eigenvalue weighted by atomic mass is 9.80. The van der Waals surface area contributed by atoms with E-state index in [1.807, 2.05) is 6.92 Å². The number of rotatable bonds is 5. The standard InChI is InChI=1S/C19H30N2O3/c1-14-5-6-17(15(2)11-14)16(3)20-18(23)21(4)12-19(13-22)7-9-24-10-8-19/h5-6,11,16,22H,7-10,12-13H2,1-4H3,(H,20,23). The lowest BCUT2D eigenvalue weighted by molar-refractivity contribution is -0.0261. The molecule has 5 nitrogen and oxygen atoms in total. The largest absolute Gasteiger partial charge is 0.396 e. The second-order valence-electron chi connectivity index (χ2n) is 7.16. The van der Waals surface area contributed by atoms with E-state index < -0.39 is 0 Å². The third-order valence-electron chi connectivity index (χ3n) is 5.04. The Hall–Kier alpha value is -1.59. The van der Waals surface area contributed by atoms with Crippen molar-refractivity contribution < 1.29 is 14.6 Å². The second kappa shape index (κ2) is 7.99. The van der Waals surface area contributed by atoms with Crippen LogP contribution in [0.15, 0.2) is 18.2 Å². The van der Waals surface area contributed by atoms with Crippen LogP contribution >= 0.6 is 0 Å². The van der Waals surface area contributed by atoms with E-state index in [1.54, 1.807) is 11.9 Å². The van der Waals surface area contributed by atoms with Gasteiger partial charge in [-0.3, -0.25) is 0 Å². The summed E-state index contributed by atoms with van der Waals surface area (Å²) in [4.78, 5) is 14.2. The molecule has 1 aliphatic rings. The van der Waals surface area contributed by atoms with Gasteiger partial charge in [-0.1, -0.05) is 23.8 Å². The Morgan fingerprint density at radius 2 is 2.04 bits per heavy atom. The Kier molecular flexibility index (Phi) is 6.24. The number of nitrogens with zero attached hydrogens (tertiary/aromatic N) is 1. The third-order valence-corrected chi connectivity index (χ3v) is 5.04. The summed E-state index contributed by atoms with van der Waals surface area (Å²) < 4.78 is 5.38. The second-order valence-corrected chi connectivity index (χ2v) is 7.16. The fraction of sp³-hybridized carbons (Fsp3) is 0.632. The van der Waals surface area contributed by atoms with Crippen molar-refractivity contribution >= 4 is 6.03 Å². The topological polar surface area (TPSA) is 61.8 Å². The van der Waals surface area contributed by atoms with Gasteiger partial charge in [-0.25, -0.2) is 4.79 Å². The van der Waals surface area contributed by atoms with E-state index in [9.17, 15) is 9.90 Å². The van der Waals surface area contributed by atoms with Crippen LogP contribution in [0.1, 0.15) is 42.5 Å². The van der Waals surface area contributed by atoms with Gasteiger partial charge >= 0.3 is 6.03 Å². The van der Waals surface area contributed by atoms with E-state index >= 15 is 0 Å². The Bertz CT molecular complexity index is 568. The number of aryl methyl sites for hydroxylation is 2. The highest BCUT2D eigenvalue weighted by Gasteiger charge is 2.34. The molecule has 0 spiro atoms. The fourth-order valence-electron chi connectivity index (χ4n) is 3.43. The molecular formula is C19H30N2O3. The maximum atomic E-state index is 12.5. The van der Waals surface area contributed by atoms with Crippen LogP contribution in [-0.4, -0.2) is 49.5 Å². The van der Waals surface area contributed by atoms with Crippen molar-refractivity contribution in [1.29, 1.82) is 0 Å². The first kappa shape index (κ1) is 18.7. The summed E-state index contributed by atoms with van der Waals surface area (Å²) in [6, 6.07) is 6.10. The summed E-state index contributed by atoms with van der Waals surface area (Å²) in [5.74, 6) is 0. The number of aliphatic hydroxyl groups excluding tert-OH is 1.